The van der Waals surface area contributed by atoms with Crippen molar-refractivity contribution >= 4 is 17.6 Å². The number of likely N-dealkylation sites (tertiary alicyclic amines) is 1. The van der Waals surface area contributed by atoms with Gasteiger partial charge in [0.25, 0.3) is 11.5 Å². The standard InChI is InChI=1S/C23H29F3N8O3/c1-27-22(37)18-12-29-19(13-28-18)33-7-9-34(10-8-33)20(35)4-6-32-5-2-3-15(14-32)17-11-16(23(24,25)26)21(36)31-30-17/h11-13,15H,2-10,14H2,1H3,(H,27,37)(H,31,36). The van der Waals surface area contributed by atoms with Crippen molar-refractivity contribution in [3.8, 4) is 0 Å². The molecular weight excluding hydrogens is 493 g/mol. The fraction of sp³-hybridized carbons (Fsp3) is 0.565. The number of halogens is 3. The van der Waals surface area contributed by atoms with E-state index in [9.17, 15) is 27.6 Å². The van der Waals surface area contributed by atoms with Crippen molar-refractivity contribution < 1.29 is 22.8 Å². The van der Waals surface area contributed by atoms with Gasteiger partial charge in [0.1, 0.15) is 17.1 Å². The average molecular weight is 523 g/mol. The smallest absolute Gasteiger partial charge is 0.354 e. The molecule has 0 aliphatic carbocycles. The molecule has 37 heavy (non-hydrogen) atoms. The highest BCUT2D eigenvalue weighted by atomic mass is 19.4. The van der Waals surface area contributed by atoms with Crippen molar-refractivity contribution in [2.75, 3.05) is 57.8 Å². The van der Waals surface area contributed by atoms with Crippen LogP contribution in [-0.4, -0.2) is 94.6 Å². The normalized spacial score (nSPS) is 19.1. The van der Waals surface area contributed by atoms with Crippen molar-refractivity contribution in [2.45, 2.75) is 31.4 Å². The van der Waals surface area contributed by atoms with Gasteiger partial charge in [0.05, 0.1) is 18.1 Å². The number of alkyl halides is 3. The summed E-state index contributed by atoms with van der Waals surface area (Å²) in [6.45, 7) is 3.96. The van der Waals surface area contributed by atoms with E-state index in [4.69, 9.17) is 0 Å². The molecule has 1 unspecified atom stereocenters. The van der Waals surface area contributed by atoms with Gasteiger partial charge >= 0.3 is 6.18 Å². The molecule has 0 radical (unpaired) electrons. The Bertz CT molecular complexity index is 1160. The Balaban J connectivity index is 1.26. The van der Waals surface area contributed by atoms with Crippen LogP contribution in [0.2, 0.25) is 0 Å². The van der Waals surface area contributed by atoms with Crippen LogP contribution in [0.3, 0.4) is 0 Å². The van der Waals surface area contributed by atoms with Gasteiger partial charge in [-0.15, -0.1) is 0 Å². The summed E-state index contributed by atoms with van der Waals surface area (Å²) in [4.78, 5) is 50.2. The SMILES string of the molecule is CNC(=O)c1cnc(N2CCN(C(=O)CCN3CCCC(c4cc(C(F)(F)F)c(=O)[nH]n4)C3)CC2)cn1. The molecule has 0 saturated carbocycles. The van der Waals surface area contributed by atoms with E-state index >= 15 is 0 Å². The van der Waals surface area contributed by atoms with Gasteiger partial charge in [-0.1, -0.05) is 0 Å². The third kappa shape index (κ3) is 6.42. The van der Waals surface area contributed by atoms with Crippen molar-refractivity contribution in [1.82, 2.24) is 35.3 Å². The molecule has 2 aromatic heterocycles. The molecular formula is C23H29F3N8O3. The van der Waals surface area contributed by atoms with Crippen LogP contribution in [0.15, 0.2) is 23.3 Å². The van der Waals surface area contributed by atoms with E-state index in [2.05, 4.69) is 25.3 Å². The predicted octanol–water partition coefficient (Wildman–Crippen LogP) is 0.857. The van der Waals surface area contributed by atoms with Crippen LogP contribution < -0.4 is 15.8 Å². The van der Waals surface area contributed by atoms with E-state index in [1.165, 1.54) is 13.2 Å². The molecule has 200 valence electrons. The topological polar surface area (TPSA) is 127 Å². The van der Waals surface area contributed by atoms with Gasteiger partial charge in [-0.2, -0.15) is 18.3 Å². The van der Waals surface area contributed by atoms with Crippen LogP contribution in [0.1, 0.15) is 46.9 Å². The lowest BCUT2D eigenvalue weighted by Crippen LogP contribution is -2.49. The zero-order valence-electron chi connectivity index (χ0n) is 20.4. The fourth-order valence-electron chi connectivity index (χ4n) is 4.67. The Morgan fingerprint density at radius 1 is 1.14 bits per heavy atom. The maximum atomic E-state index is 13.1. The number of anilines is 1. The summed E-state index contributed by atoms with van der Waals surface area (Å²) in [7, 11) is 1.52. The minimum Gasteiger partial charge on any atom is -0.354 e. The Hall–Kier alpha value is -3.55. The number of nitrogens with one attached hydrogen (secondary N) is 2. The first kappa shape index (κ1) is 26.5. The van der Waals surface area contributed by atoms with E-state index in [0.29, 0.717) is 57.9 Å². The molecule has 0 aromatic carbocycles. The van der Waals surface area contributed by atoms with Gasteiger partial charge in [-0.3, -0.25) is 14.4 Å². The van der Waals surface area contributed by atoms with E-state index in [1.807, 2.05) is 10.00 Å². The fourth-order valence-corrected chi connectivity index (χ4v) is 4.67. The lowest BCUT2D eigenvalue weighted by Gasteiger charge is -2.36. The number of hydrogen-bond acceptors (Lipinski definition) is 8. The number of hydrogen-bond donors (Lipinski definition) is 2. The molecule has 0 bridgehead atoms. The second-order valence-corrected chi connectivity index (χ2v) is 9.13. The average Bonchev–Trinajstić information content (AvgIpc) is 2.91. The molecule has 2 aliphatic rings. The van der Waals surface area contributed by atoms with Gasteiger partial charge < -0.3 is 20.0 Å². The third-order valence-corrected chi connectivity index (χ3v) is 6.75. The summed E-state index contributed by atoms with van der Waals surface area (Å²) in [5.74, 6) is 0.102. The van der Waals surface area contributed by atoms with Crippen LogP contribution >= 0.6 is 0 Å². The maximum Gasteiger partial charge on any atom is 0.421 e. The van der Waals surface area contributed by atoms with Crippen molar-refractivity contribution in [1.29, 1.82) is 0 Å². The first-order chi connectivity index (χ1) is 17.7. The van der Waals surface area contributed by atoms with Gasteiger partial charge in [0.2, 0.25) is 5.91 Å². The number of nitrogens with zero attached hydrogens (tertiary/aromatic N) is 6. The highest BCUT2D eigenvalue weighted by molar-refractivity contribution is 5.91. The minimum absolute atomic E-state index is 0.0179. The summed E-state index contributed by atoms with van der Waals surface area (Å²) < 4.78 is 39.3. The summed E-state index contributed by atoms with van der Waals surface area (Å²) in [5, 5.41) is 8.32. The summed E-state index contributed by atoms with van der Waals surface area (Å²) in [5.41, 5.74) is -2.04. The molecule has 14 heteroatoms. The number of H-pyrrole nitrogens is 1. The zero-order chi connectivity index (χ0) is 26.6. The van der Waals surface area contributed by atoms with E-state index in [1.54, 1.807) is 11.1 Å². The lowest BCUT2D eigenvalue weighted by atomic mass is 9.93. The molecule has 2 aromatic rings. The van der Waals surface area contributed by atoms with Crippen LogP contribution in [0, 0.1) is 0 Å². The third-order valence-electron chi connectivity index (χ3n) is 6.75. The first-order valence-electron chi connectivity index (χ1n) is 12.1. The maximum absolute atomic E-state index is 13.1. The zero-order valence-corrected chi connectivity index (χ0v) is 20.4. The number of carbonyl (C=O) groups excluding carboxylic acids is 2. The first-order valence-corrected chi connectivity index (χ1v) is 12.1. The molecule has 0 spiro atoms. The number of aromatic nitrogens is 4. The Morgan fingerprint density at radius 3 is 2.54 bits per heavy atom. The van der Waals surface area contributed by atoms with Crippen LogP contribution in [0.5, 0.6) is 0 Å². The van der Waals surface area contributed by atoms with E-state index in [0.717, 1.165) is 19.0 Å². The number of rotatable bonds is 6. The monoisotopic (exact) mass is 522 g/mol. The van der Waals surface area contributed by atoms with Crippen molar-refractivity contribution in [3.63, 3.8) is 0 Å². The van der Waals surface area contributed by atoms with Gasteiger partial charge in [-0.05, 0) is 25.5 Å². The summed E-state index contributed by atoms with van der Waals surface area (Å²) in [6, 6.07) is 0.841. The van der Waals surface area contributed by atoms with Crippen molar-refractivity contribution in [3.05, 3.63) is 45.8 Å². The van der Waals surface area contributed by atoms with Gasteiger partial charge in [0.15, 0.2) is 0 Å². The predicted molar refractivity (Wildman–Crippen MR) is 127 cm³/mol. The van der Waals surface area contributed by atoms with E-state index < -0.39 is 17.3 Å². The summed E-state index contributed by atoms with van der Waals surface area (Å²) in [6.07, 6.45) is -0.0408. The number of piperazine rings is 1. The number of amides is 2. The molecule has 2 N–H and O–H groups in total. The molecule has 2 fully saturated rings. The second-order valence-electron chi connectivity index (χ2n) is 9.13. The molecule has 2 aliphatic heterocycles. The molecule has 4 heterocycles. The van der Waals surface area contributed by atoms with Crippen LogP contribution in [0.4, 0.5) is 19.0 Å². The van der Waals surface area contributed by atoms with Crippen LogP contribution in [0.25, 0.3) is 0 Å². The largest absolute Gasteiger partial charge is 0.421 e. The number of carbonyl (C=O) groups is 2. The lowest BCUT2D eigenvalue weighted by molar-refractivity contribution is -0.139. The Morgan fingerprint density at radius 2 is 1.89 bits per heavy atom. The van der Waals surface area contributed by atoms with Gasteiger partial charge in [0, 0.05) is 58.7 Å². The number of piperidine rings is 1. The second kappa shape index (κ2) is 11.2. The highest BCUT2D eigenvalue weighted by Gasteiger charge is 2.35. The molecule has 2 amide bonds. The van der Waals surface area contributed by atoms with Gasteiger partial charge in [-0.25, -0.2) is 15.1 Å². The van der Waals surface area contributed by atoms with E-state index in [-0.39, 0.29) is 29.1 Å². The minimum atomic E-state index is -4.74. The quantitative estimate of drug-likeness (QED) is 0.572. The Kier molecular flexibility index (Phi) is 8.05. The molecule has 11 nitrogen and oxygen atoms in total. The molecule has 4 rings (SSSR count). The highest BCUT2D eigenvalue weighted by Crippen LogP contribution is 2.30. The molecule has 1 atom stereocenters. The molecule has 2 saturated heterocycles. The Labute approximate surface area is 211 Å². The number of aromatic amines is 1. The van der Waals surface area contributed by atoms with Crippen LogP contribution in [-0.2, 0) is 11.0 Å². The summed E-state index contributed by atoms with van der Waals surface area (Å²) >= 11 is 0. The van der Waals surface area contributed by atoms with Crippen molar-refractivity contribution in [2.24, 2.45) is 0 Å².